The number of carbonyl (C=O) groups is 1. The van der Waals surface area contributed by atoms with E-state index in [1.165, 1.54) is 4.68 Å². The molecule has 0 spiro atoms. The molecule has 78 valence electrons. The van der Waals surface area contributed by atoms with E-state index in [1.807, 2.05) is 24.3 Å². The molecule has 5 nitrogen and oxygen atoms in total. The Labute approximate surface area is 86.6 Å². The van der Waals surface area contributed by atoms with Gasteiger partial charge in [-0.1, -0.05) is 12.1 Å². The van der Waals surface area contributed by atoms with Crippen LogP contribution in [-0.4, -0.2) is 22.4 Å². The molecule has 0 atom stereocenters. The molecule has 0 aliphatic carbocycles. The van der Waals surface area contributed by atoms with Gasteiger partial charge in [0.25, 0.3) is 0 Å². The van der Waals surface area contributed by atoms with Crippen molar-refractivity contribution in [2.24, 2.45) is 0 Å². The Hall–Kier alpha value is -2.04. The van der Waals surface area contributed by atoms with E-state index in [2.05, 4.69) is 10.4 Å². The molecule has 0 radical (unpaired) electrons. The lowest BCUT2D eigenvalue weighted by atomic mass is 10.3. The number of benzene rings is 1. The molecule has 0 bridgehead atoms. The highest BCUT2D eigenvalue weighted by atomic mass is 16.5. The van der Waals surface area contributed by atoms with Gasteiger partial charge in [0.15, 0.2) is 0 Å². The largest absolute Gasteiger partial charge is 0.449 e. The lowest BCUT2D eigenvalue weighted by Gasteiger charge is -2.05. The molecular formula is C10H11N3O2. The molecule has 15 heavy (non-hydrogen) atoms. The summed E-state index contributed by atoms with van der Waals surface area (Å²) in [5.74, 6) is 0. The van der Waals surface area contributed by atoms with Crippen molar-refractivity contribution in [3.8, 4) is 0 Å². The fourth-order valence-electron chi connectivity index (χ4n) is 1.31. The molecule has 1 aromatic heterocycles. The third kappa shape index (κ3) is 1.90. The summed E-state index contributed by atoms with van der Waals surface area (Å²) in [5.41, 5.74) is 4.23. The molecule has 0 aliphatic rings. The fourth-order valence-corrected chi connectivity index (χ4v) is 1.31. The minimum Gasteiger partial charge on any atom is -0.449 e. The molecule has 2 rings (SSSR count). The number of hydrogen-bond acceptors (Lipinski definition) is 3. The number of para-hydroxylation sites is 2. The predicted molar refractivity (Wildman–Crippen MR) is 56.1 cm³/mol. The van der Waals surface area contributed by atoms with E-state index in [0.717, 1.165) is 11.0 Å². The van der Waals surface area contributed by atoms with Crippen LogP contribution in [0.3, 0.4) is 0 Å². The summed E-state index contributed by atoms with van der Waals surface area (Å²) in [6.07, 6.45) is 1.06. The number of fused-ring (bicyclic) bond motifs is 1. The van der Waals surface area contributed by atoms with E-state index < -0.39 is 6.09 Å². The van der Waals surface area contributed by atoms with Crippen LogP contribution >= 0.6 is 0 Å². The van der Waals surface area contributed by atoms with Crippen LogP contribution in [0.5, 0.6) is 0 Å². The van der Waals surface area contributed by atoms with Gasteiger partial charge < -0.3 is 4.74 Å². The van der Waals surface area contributed by atoms with Gasteiger partial charge in [0.2, 0.25) is 0 Å². The summed E-state index contributed by atoms with van der Waals surface area (Å²) < 4.78 is 6.30. The van der Waals surface area contributed by atoms with Crippen LogP contribution in [0.1, 0.15) is 6.92 Å². The summed E-state index contributed by atoms with van der Waals surface area (Å²) in [6.45, 7) is 2.10. The molecule has 0 saturated heterocycles. The first-order valence-electron chi connectivity index (χ1n) is 4.67. The zero-order chi connectivity index (χ0) is 10.7. The van der Waals surface area contributed by atoms with Crippen LogP contribution in [-0.2, 0) is 4.74 Å². The maximum atomic E-state index is 11.2. The molecular weight excluding hydrogens is 194 g/mol. The first-order valence-corrected chi connectivity index (χ1v) is 4.67. The van der Waals surface area contributed by atoms with Crippen LogP contribution in [0.2, 0.25) is 0 Å². The van der Waals surface area contributed by atoms with Crippen molar-refractivity contribution in [2.75, 3.05) is 12.0 Å². The summed E-state index contributed by atoms with van der Waals surface area (Å²) in [5, 5.41) is 0. The molecule has 0 unspecified atom stereocenters. The Kier molecular flexibility index (Phi) is 2.53. The summed E-state index contributed by atoms with van der Waals surface area (Å²) in [7, 11) is 0. The molecule has 1 N–H and O–H groups in total. The molecule has 1 aromatic carbocycles. The first kappa shape index (κ1) is 9.51. The van der Waals surface area contributed by atoms with Crippen molar-refractivity contribution in [1.82, 2.24) is 9.66 Å². The van der Waals surface area contributed by atoms with Gasteiger partial charge in [0.05, 0.1) is 17.6 Å². The average molecular weight is 205 g/mol. The molecule has 2 aromatic rings. The standard InChI is InChI=1S/C10H11N3O2/c1-2-15-10(14)12-13-7-11-8-5-3-4-6-9(8)13/h3-7H,2H2,1H3,(H,12,14). The third-order valence-corrected chi connectivity index (χ3v) is 1.94. The average Bonchev–Trinajstić information content (AvgIpc) is 2.62. The van der Waals surface area contributed by atoms with Crippen LogP contribution in [0, 0.1) is 0 Å². The van der Waals surface area contributed by atoms with Gasteiger partial charge in [0, 0.05) is 0 Å². The molecule has 1 amide bonds. The summed E-state index contributed by atoms with van der Waals surface area (Å²) in [4.78, 5) is 15.3. The summed E-state index contributed by atoms with van der Waals surface area (Å²) in [6, 6.07) is 7.52. The maximum absolute atomic E-state index is 11.2. The van der Waals surface area contributed by atoms with E-state index in [9.17, 15) is 4.79 Å². The number of nitrogens with zero attached hydrogens (tertiary/aromatic N) is 2. The lowest BCUT2D eigenvalue weighted by molar-refractivity contribution is 0.164. The van der Waals surface area contributed by atoms with Crippen LogP contribution < -0.4 is 5.43 Å². The van der Waals surface area contributed by atoms with Crippen molar-refractivity contribution in [1.29, 1.82) is 0 Å². The number of hydrogen-bond donors (Lipinski definition) is 1. The summed E-state index contributed by atoms with van der Waals surface area (Å²) >= 11 is 0. The number of ether oxygens (including phenoxy) is 1. The topological polar surface area (TPSA) is 56.1 Å². The highest BCUT2D eigenvalue weighted by Gasteiger charge is 2.04. The lowest BCUT2D eigenvalue weighted by Crippen LogP contribution is -2.22. The van der Waals surface area contributed by atoms with E-state index in [4.69, 9.17) is 4.74 Å². The number of nitrogens with one attached hydrogen (secondary N) is 1. The molecule has 0 fully saturated rings. The van der Waals surface area contributed by atoms with Gasteiger partial charge in [-0.2, -0.15) is 0 Å². The van der Waals surface area contributed by atoms with Gasteiger partial charge in [-0.25, -0.2) is 19.9 Å². The van der Waals surface area contributed by atoms with Crippen LogP contribution in [0.4, 0.5) is 4.79 Å². The first-order chi connectivity index (χ1) is 7.31. The van der Waals surface area contributed by atoms with Crippen molar-refractivity contribution in [3.05, 3.63) is 30.6 Å². The Bertz CT molecular complexity index is 478. The molecule has 5 heteroatoms. The van der Waals surface area contributed by atoms with Crippen molar-refractivity contribution < 1.29 is 9.53 Å². The second-order valence-electron chi connectivity index (χ2n) is 2.94. The fraction of sp³-hybridized carbons (Fsp3) is 0.200. The van der Waals surface area contributed by atoms with E-state index in [0.29, 0.717) is 6.61 Å². The minimum atomic E-state index is -0.486. The number of carbonyl (C=O) groups excluding carboxylic acids is 1. The number of amides is 1. The monoisotopic (exact) mass is 205 g/mol. The number of rotatable bonds is 2. The van der Waals surface area contributed by atoms with Gasteiger partial charge in [-0.05, 0) is 19.1 Å². The highest BCUT2D eigenvalue weighted by molar-refractivity contribution is 5.81. The van der Waals surface area contributed by atoms with E-state index in [1.54, 1.807) is 13.3 Å². The zero-order valence-corrected chi connectivity index (χ0v) is 8.30. The van der Waals surface area contributed by atoms with Crippen molar-refractivity contribution in [3.63, 3.8) is 0 Å². The predicted octanol–water partition coefficient (Wildman–Crippen LogP) is 1.74. The number of aromatic nitrogens is 2. The Balaban J connectivity index is 2.25. The second kappa shape index (κ2) is 4.00. The maximum Gasteiger partial charge on any atom is 0.426 e. The van der Waals surface area contributed by atoms with Crippen molar-refractivity contribution in [2.45, 2.75) is 6.92 Å². The van der Waals surface area contributed by atoms with Crippen LogP contribution in [0.25, 0.3) is 11.0 Å². The quantitative estimate of drug-likeness (QED) is 0.812. The SMILES string of the molecule is CCOC(=O)Nn1cnc2ccccc21. The zero-order valence-electron chi connectivity index (χ0n) is 8.30. The van der Waals surface area contributed by atoms with E-state index in [-0.39, 0.29) is 0 Å². The second-order valence-corrected chi connectivity index (χ2v) is 2.94. The minimum absolute atomic E-state index is 0.346. The molecule has 0 saturated carbocycles. The number of imidazole rings is 1. The smallest absolute Gasteiger partial charge is 0.426 e. The van der Waals surface area contributed by atoms with Crippen LogP contribution in [0.15, 0.2) is 30.6 Å². The van der Waals surface area contributed by atoms with Gasteiger partial charge in [0.1, 0.15) is 6.33 Å². The Morgan fingerprint density at radius 2 is 2.33 bits per heavy atom. The van der Waals surface area contributed by atoms with Gasteiger partial charge in [-0.3, -0.25) is 0 Å². The van der Waals surface area contributed by atoms with Crippen molar-refractivity contribution >= 4 is 17.1 Å². The van der Waals surface area contributed by atoms with Gasteiger partial charge in [-0.15, -0.1) is 0 Å². The van der Waals surface area contributed by atoms with E-state index >= 15 is 0 Å². The highest BCUT2D eigenvalue weighted by Crippen LogP contribution is 2.09. The molecule has 0 aliphatic heterocycles. The van der Waals surface area contributed by atoms with Gasteiger partial charge >= 0.3 is 6.09 Å². The third-order valence-electron chi connectivity index (χ3n) is 1.94. The Morgan fingerprint density at radius 1 is 1.53 bits per heavy atom. The normalized spacial score (nSPS) is 10.2. The molecule has 1 heterocycles. The Morgan fingerprint density at radius 3 is 3.13 bits per heavy atom.